The van der Waals surface area contributed by atoms with Gasteiger partial charge in [0, 0.05) is 27.6 Å². The molecule has 2 aromatic rings. The van der Waals surface area contributed by atoms with Gasteiger partial charge in [0.25, 0.3) is 5.56 Å². The number of hydrogen-bond donors (Lipinski definition) is 1. The highest BCUT2D eigenvalue weighted by atomic mass is 16.5. The van der Waals surface area contributed by atoms with Gasteiger partial charge < -0.3 is 19.3 Å². The number of aromatic hydroxyl groups is 1. The molecule has 2 heterocycles. The SMILES string of the molecule is COc1cc([C@H]2CC(c3c(O)n(C)c(=O)n(C)c3=O)=NN2C)cc(OC)c1OC. The topological polar surface area (TPSA) is 108 Å². The van der Waals surface area contributed by atoms with Gasteiger partial charge in [-0.25, -0.2) is 4.79 Å². The lowest BCUT2D eigenvalue weighted by Gasteiger charge is -2.21. The Morgan fingerprint density at radius 2 is 1.59 bits per heavy atom. The Balaban J connectivity index is 2.06. The van der Waals surface area contributed by atoms with Crippen molar-refractivity contribution in [3.8, 4) is 23.1 Å². The van der Waals surface area contributed by atoms with Crippen molar-refractivity contribution in [2.45, 2.75) is 12.5 Å². The minimum absolute atomic E-state index is 0.0105. The minimum Gasteiger partial charge on any atom is -0.494 e. The van der Waals surface area contributed by atoms with E-state index in [2.05, 4.69) is 5.10 Å². The van der Waals surface area contributed by atoms with E-state index in [4.69, 9.17) is 14.2 Å². The highest BCUT2D eigenvalue weighted by Gasteiger charge is 2.32. The molecule has 0 radical (unpaired) electrons. The van der Waals surface area contributed by atoms with Crippen molar-refractivity contribution in [2.75, 3.05) is 28.4 Å². The zero-order chi connectivity index (χ0) is 21.5. The summed E-state index contributed by atoms with van der Waals surface area (Å²) in [6.45, 7) is 0. The van der Waals surface area contributed by atoms with Crippen LogP contribution in [-0.4, -0.2) is 53.3 Å². The van der Waals surface area contributed by atoms with Gasteiger partial charge in [-0.15, -0.1) is 0 Å². The van der Waals surface area contributed by atoms with Crippen LogP contribution in [0.2, 0.25) is 0 Å². The molecule has 0 spiro atoms. The first-order chi connectivity index (χ1) is 13.7. The van der Waals surface area contributed by atoms with Crippen LogP contribution >= 0.6 is 0 Å². The fraction of sp³-hybridized carbons (Fsp3) is 0.421. The summed E-state index contributed by atoms with van der Waals surface area (Å²) in [5.41, 5.74) is 0.0332. The summed E-state index contributed by atoms with van der Waals surface area (Å²) < 4.78 is 18.2. The molecule has 0 saturated heterocycles. The van der Waals surface area contributed by atoms with Gasteiger partial charge in [-0.05, 0) is 17.7 Å². The number of ether oxygens (including phenoxy) is 3. The summed E-state index contributed by atoms with van der Waals surface area (Å²) in [6, 6.07) is 3.40. The van der Waals surface area contributed by atoms with Gasteiger partial charge in [0.2, 0.25) is 11.6 Å². The Morgan fingerprint density at radius 1 is 1.00 bits per heavy atom. The van der Waals surface area contributed by atoms with Crippen LogP contribution in [0.3, 0.4) is 0 Å². The smallest absolute Gasteiger partial charge is 0.333 e. The molecule has 3 rings (SSSR count). The normalized spacial score (nSPS) is 16.0. The number of methoxy groups -OCH3 is 3. The molecule has 1 aliphatic heterocycles. The highest BCUT2D eigenvalue weighted by molar-refractivity contribution is 6.03. The lowest BCUT2D eigenvalue weighted by Crippen LogP contribution is -2.39. The summed E-state index contributed by atoms with van der Waals surface area (Å²) in [4.78, 5) is 24.6. The lowest BCUT2D eigenvalue weighted by molar-refractivity contribution is 0.284. The Bertz CT molecular complexity index is 1080. The number of rotatable bonds is 5. The van der Waals surface area contributed by atoms with Crippen molar-refractivity contribution in [3.63, 3.8) is 0 Å². The fourth-order valence-electron chi connectivity index (χ4n) is 3.48. The Morgan fingerprint density at radius 3 is 2.10 bits per heavy atom. The van der Waals surface area contributed by atoms with Crippen LogP contribution in [0.5, 0.6) is 23.1 Å². The van der Waals surface area contributed by atoms with Gasteiger partial charge >= 0.3 is 5.69 Å². The standard InChI is InChI=1S/C19H24N4O6/c1-21-17(24)15(18(25)22(2)19(21)26)11-9-12(23(3)20-11)10-7-13(27-4)16(29-6)14(8-10)28-5/h7-8,12,24H,9H2,1-6H3/t12-/m1/s1. The van der Waals surface area contributed by atoms with Crippen LogP contribution in [0, 0.1) is 0 Å². The largest absolute Gasteiger partial charge is 0.494 e. The monoisotopic (exact) mass is 404 g/mol. The van der Waals surface area contributed by atoms with Crippen LogP contribution in [0.4, 0.5) is 0 Å². The third-order valence-electron chi connectivity index (χ3n) is 5.11. The molecule has 10 nitrogen and oxygen atoms in total. The molecule has 1 aliphatic rings. The first-order valence-corrected chi connectivity index (χ1v) is 8.84. The van der Waals surface area contributed by atoms with Gasteiger partial charge in [-0.2, -0.15) is 5.10 Å². The lowest BCUT2D eigenvalue weighted by atomic mass is 9.98. The molecule has 0 aliphatic carbocycles. The van der Waals surface area contributed by atoms with Crippen molar-refractivity contribution in [3.05, 3.63) is 44.1 Å². The predicted molar refractivity (Wildman–Crippen MR) is 106 cm³/mol. The van der Waals surface area contributed by atoms with Crippen LogP contribution in [0.25, 0.3) is 0 Å². The van der Waals surface area contributed by atoms with E-state index >= 15 is 0 Å². The van der Waals surface area contributed by atoms with Crippen LogP contribution in [0.15, 0.2) is 26.8 Å². The van der Waals surface area contributed by atoms with E-state index in [1.165, 1.54) is 35.4 Å². The molecule has 156 valence electrons. The van der Waals surface area contributed by atoms with E-state index in [-0.39, 0.29) is 11.6 Å². The van der Waals surface area contributed by atoms with E-state index in [1.807, 2.05) is 12.1 Å². The Labute approximate surface area is 167 Å². The second-order valence-corrected chi connectivity index (χ2v) is 6.70. The second-order valence-electron chi connectivity index (χ2n) is 6.70. The van der Waals surface area contributed by atoms with Crippen molar-refractivity contribution < 1.29 is 19.3 Å². The molecule has 0 saturated carbocycles. The molecule has 1 aromatic heterocycles. The maximum Gasteiger partial charge on any atom is 0.333 e. The van der Waals surface area contributed by atoms with Gasteiger partial charge in [-0.1, -0.05) is 0 Å². The van der Waals surface area contributed by atoms with Crippen molar-refractivity contribution in [2.24, 2.45) is 19.2 Å². The molecule has 0 fully saturated rings. The third kappa shape index (κ3) is 3.20. The van der Waals surface area contributed by atoms with Crippen LogP contribution < -0.4 is 25.5 Å². The maximum absolute atomic E-state index is 12.6. The molecular formula is C19H24N4O6. The van der Waals surface area contributed by atoms with Crippen LogP contribution in [-0.2, 0) is 14.1 Å². The summed E-state index contributed by atoms with van der Waals surface area (Å²) >= 11 is 0. The summed E-state index contributed by atoms with van der Waals surface area (Å²) in [7, 11) is 9.13. The molecule has 0 bridgehead atoms. The molecular weight excluding hydrogens is 380 g/mol. The summed E-state index contributed by atoms with van der Waals surface area (Å²) in [5.74, 6) is 1.08. The van der Waals surface area contributed by atoms with Crippen molar-refractivity contribution in [1.82, 2.24) is 14.1 Å². The quantitative estimate of drug-likeness (QED) is 0.777. The molecule has 0 unspecified atom stereocenters. The van der Waals surface area contributed by atoms with Crippen LogP contribution in [0.1, 0.15) is 23.6 Å². The van der Waals surface area contributed by atoms with Crippen molar-refractivity contribution >= 4 is 5.71 Å². The number of hydrazone groups is 1. The van der Waals surface area contributed by atoms with Gasteiger partial charge in [0.15, 0.2) is 11.5 Å². The van der Waals surface area contributed by atoms with E-state index in [0.29, 0.717) is 29.4 Å². The fourth-order valence-corrected chi connectivity index (χ4v) is 3.48. The highest BCUT2D eigenvalue weighted by Crippen LogP contribution is 2.42. The first-order valence-electron chi connectivity index (χ1n) is 8.84. The number of hydrogen-bond acceptors (Lipinski definition) is 8. The molecule has 29 heavy (non-hydrogen) atoms. The minimum atomic E-state index is -0.607. The second kappa shape index (κ2) is 7.53. The Hall–Kier alpha value is -3.43. The molecule has 1 atom stereocenters. The predicted octanol–water partition coefficient (Wildman–Crippen LogP) is 0.596. The zero-order valence-corrected chi connectivity index (χ0v) is 17.2. The molecule has 0 amide bonds. The molecule has 1 N–H and O–H groups in total. The third-order valence-corrected chi connectivity index (χ3v) is 5.11. The number of aromatic nitrogens is 2. The Kier molecular flexibility index (Phi) is 5.27. The van der Waals surface area contributed by atoms with Crippen molar-refractivity contribution in [1.29, 1.82) is 0 Å². The molecule has 10 heteroatoms. The number of nitrogens with zero attached hydrogens (tertiary/aromatic N) is 4. The zero-order valence-electron chi connectivity index (χ0n) is 17.2. The van der Waals surface area contributed by atoms with Gasteiger partial charge in [-0.3, -0.25) is 18.9 Å². The summed E-state index contributed by atoms with van der Waals surface area (Å²) in [6.07, 6.45) is 0.343. The van der Waals surface area contributed by atoms with E-state index in [0.717, 1.165) is 14.7 Å². The van der Waals surface area contributed by atoms with Gasteiger partial charge in [0.05, 0.1) is 33.1 Å². The maximum atomic E-state index is 12.6. The van der Waals surface area contributed by atoms with E-state index < -0.39 is 17.1 Å². The number of benzene rings is 1. The summed E-state index contributed by atoms with van der Waals surface area (Å²) in [5, 5.41) is 16.6. The van der Waals surface area contributed by atoms with Gasteiger partial charge in [0.1, 0.15) is 5.56 Å². The average molecular weight is 404 g/mol. The first kappa shape index (κ1) is 20.3. The molecule has 1 aromatic carbocycles. The van der Waals surface area contributed by atoms with E-state index in [1.54, 1.807) is 12.1 Å². The average Bonchev–Trinajstić information content (AvgIpc) is 3.10. The van der Waals surface area contributed by atoms with E-state index in [9.17, 15) is 14.7 Å².